The third kappa shape index (κ3) is 9.57. The summed E-state index contributed by atoms with van der Waals surface area (Å²) in [4.78, 5) is 10.7. The lowest BCUT2D eigenvalue weighted by Crippen LogP contribution is -2.17. The molecule has 0 aliphatic carbocycles. The lowest BCUT2D eigenvalue weighted by Gasteiger charge is -2.28. The fourth-order valence-electron chi connectivity index (χ4n) is 9.12. The third-order valence-electron chi connectivity index (χ3n) is 13.5. The highest BCUT2D eigenvalue weighted by molar-refractivity contribution is 5.98. The fraction of sp³-hybridized carbons (Fsp3) is 0.344. The minimum absolute atomic E-state index is 0.0924. The summed E-state index contributed by atoms with van der Waals surface area (Å²) >= 11 is 0. The van der Waals surface area contributed by atoms with Gasteiger partial charge in [-0.05, 0) is 132 Å². The predicted octanol–water partition coefficient (Wildman–Crippen LogP) is 17.9. The van der Waals surface area contributed by atoms with Gasteiger partial charge in [-0.25, -0.2) is 4.98 Å². The average Bonchev–Trinajstić information content (AvgIpc) is 3.66. The van der Waals surface area contributed by atoms with Gasteiger partial charge in [-0.3, -0.25) is 9.55 Å². The van der Waals surface area contributed by atoms with Gasteiger partial charge in [0.25, 0.3) is 0 Å². The summed E-state index contributed by atoms with van der Waals surface area (Å²) in [5, 5.41) is 12.6. The molecule has 350 valence electrons. The van der Waals surface area contributed by atoms with E-state index in [0.717, 1.165) is 89.2 Å². The smallest absolute Gasteiger partial charge is 0.149 e. The molecule has 8 rings (SSSR count). The number of phenolic OH excluding ortho intramolecular Hbond substituents is 1. The number of hydrogen-bond donors (Lipinski definition) is 1. The first kappa shape index (κ1) is 45.5. The summed E-state index contributed by atoms with van der Waals surface area (Å²) in [5.74, 6) is -0.758. The lowest BCUT2D eigenvalue weighted by atomic mass is 9.79. The van der Waals surface area contributed by atoms with Crippen molar-refractivity contribution in [1.29, 1.82) is 0 Å². The molecule has 4 heteroatoms. The summed E-state index contributed by atoms with van der Waals surface area (Å²) < 4.78 is 20.1. The van der Waals surface area contributed by atoms with Crippen LogP contribution in [0.5, 0.6) is 5.75 Å². The summed E-state index contributed by atoms with van der Waals surface area (Å²) in [6.45, 7) is 34.3. The molecule has 0 bridgehead atoms. The normalized spacial score (nSPS) is 13.5. The molecule has 0 aliphatic heterocycles. The Labute approximate surface area is 410 Å². The number of aromatic nitrogens is 3. The van der Waals surface area contributed by atoms with Crippen molar-refractivity contribution in [3.05, 3.63) is 167 Å². The van der Waals surface area contributed by atoms with Crippen molar-refractivity contribution in [3.63, 3.8) is 0 Å². The summed E-state index contributed by atoms with van der Waals surface area (Å²) in [5.41, 5.74) is 16.7. The van der Waals surface area contributed by atoms with Crippen molar-refractivity contribution in [1.82, 2.24) is 14.5 Å². The highest BCUT2D eigenvalue weighted by Crippen LogP contribution is 2.46. The molecule has 0 radical (unpaired) electrons. The largest absolute Gasteiger partial charge is 0.507 e. The van der Waals surface area contributed by atoms with E-state index in [9.17, 15) is 5.11 Å². The molecule has 68 heavy (non-hydrogen) atoms. The van der Waals surface area contributed by atoms with E-state index in [-0.39, 0.29) is 27.4 Å². The van der Waals surface area contributed by atoms with Gasteiger partial charge in [0.05, 0.1) is 28.0 Å². The number of imidazole rings is 1. The highest BCUT2D eigenvalue weighted by atomic mass is 16.3. The molecule has 0 amide bonds. The van der Waals surface area contributed by atoms with Gasteiger partial charge < -0.3 is 5.11 Å². The minimum atomic E-state index is -0.836. The first-order valence-electron chi connectivity index (χ1n) is 25.3. The topological polar surface area (TPSA) is 50.9 Å². The van der Waals surface area contributed by atoms with Crippen LogP contribution in [-0.4, -0.2) is 19.6 Å². The Morgan fingerprint density at radius 2 is 1.09 bits per heavy atom. The zero-order valence-electron chi connectivity index (χ0n) is 45.5. The Bertz CT molecular complexity index is 3230. The summed E-state index contributed by atoms with van der Waals surface area (Å²) in [6, 6.07) is 45.3. The van der Waals surface area contributed by atoms with E-state index in [2.05, 4.69) is 203 Å². The summed E-state index contributed by atoms with van der Waals surface area (Å²) in [6.07, 6.45) is 1.87. The Balaban J connectivity index is 1.43. The maximum Gasteiger partial charge on any atom is 0.149 e. The number of rotatable bonds is 8. The van der Waals surface area contributed by atoms with Crippen LogP contribution in [0, 0.1) is 0 Å². The lowest BCUT2D eigenvalue weighted by molar-refractivity contribution is 0.446. The standard InChI is InChI=1S/C64H73N3O/c1-39(2)43-29-44(40(3)4)31-45(30-43)42-27-28-65-55(35-42)47-32-46(33-49(34-47)62(8,9)10)51-23-20-24-57-58(51)66-60(53-37-50(63(11,12)13)38-54(59(53)68)64(14,15)16)67(57)56-26-25-48(61(5,6)7)36-52(56)41-21-18-17-19-22-41/h17-40,68H,1-16H3/i39D,40D. The van der Waals surface area contributed by atoms with E-state index in [1.165, 1.54) is 5.56 Å². The van der Waals surface area contributed by atoms with Crippen LogP contribution in [0.4, 0.5) is 0 Å². The van der Waals surface area contributed by atoms with Gasteiger partial charge in [-0.1, -0.05) is 190 Å². The molecule has 6 aromatic carbocycles. The second kappa shape index (κ2) is 17.7. The van der Waals surface area contributed by atoms with Gasteiger partial charge in [-0.15, -0.1) is 0 Å². The minimum Gasteiger partial charge on any atom is -0.507 e. The van der Waals surface area contributed by atoms with Crippen LogP contribution in [0.2, 0.25) is 0 Å². The molecule has 0 atom stereocenters. The molecule has 0 fully saturated rings. The number of pyridine rings is 1. The van der Waals surface area contributed by atoms with Crippen molar-refractivity contribution in [2.75, 3.05) is 0 Å². The van der Waals surface area contributed by atoms with Crippen LogP contribution in [0.1, 0.15) is 159 Å². The van der Waals surface area contributed by atoms with E-state index in [0.29, 0.717) is 11.4 Å². The molecule has 0 aliphatic rings. The monoisotopic (exact) mass is 902 g/mol. The molecular weight excluding hydrogens is 827 g/mol. The second-order valence-corrected chi connectivity index (χ2v) is 23.5. The molecule has 0 spiro atoms. The van der Waals surface area contributed by atoms with Gasteiger partial charge in [0.15, 0.2) is 0 Å². The molecular formula is C64H73N3O. The van der Waals surface area contributed by atoms with Crippen LogP contribution in [0.15, 0.2) is 134 Å². The number of hydrogen-bond acceptors (Lipinski definition) is 3. The van der Waals surface area contributed by atoms with Crippen LogP contribution in [-0.2, 0) is 21.7 Å². The first-order chi connectivity index (χ1) is 32.4. The highest BCUT2D eigenvalue weighted by Gasteiger charge is 2.30. The van der Waals surface area contributed by atoms with Gasteiger partial charge in [0.1, 0.15) is 11.6 Å². The van der Waals surface area contributed by atoms with E-state index < -0.39 is 11.8 Å². The molecule has 1 N–H and O–H groups in total. The van der Waals surface area contributed by atoms with Gasteiger partial charge >= 0.3 is 0 Å². The zero-order valence-corrected chi connectivity index (χ0v) is 43.5. The van der Waals surface area contributed by atoms with Crippen molar-refractivity contribution >= 4 is 11.0 Å². The van der Waals surface area contributed by atoms with E-state index in [1.54, 1.807) is 0 Å². The van der Waals surface area contributed by atoms with Crippen molar-refractivity contribution in [2.45, 2.75) is 144 Å². The number of nitrogens with zero attached hydrogens (tertiary/aromatic N) is 3. The number of aromatic hydroxyl groups is 1. The number of phenols is 1. The molecule has 0 saturated heterocycles. The van der Waals surface area contributed by atoms with Crippen LogP contribution < -0.4 is 0 Å². The van der Waals surface area contributed by atoms with E-state index in [1.807, 2.05) is 46.0 Å². The van der Waals surface area contributed by atoms with Crippen molar-refractivity contribution < 1.29 is 7.85 Å². The van der Waals surface area contributed by atoms with Crippen LogP contribution in [0.25, 0.3) is 72.7 Å². The Hall–Kier alpha value is -6.26. The molecule has 8 aromatic rings. The molecule has 4 nitrogen and oxygen atoms in total. The van der Waals surface area contributed by atoms with Gasteiger partial charge in [-0.2, -0.15) is 0 Å². The predicted molar refractivity (Wildman–Crippen MR) is 291 cm³/mol. The van der Waals surface area contributed by atoms with Crippen molar-refractivity contribution in [2.24, 2.45) is 0 Å². The van der Waals surface area contributed by atoms with Crippen molar-refractivity contribution in [3.8, 4) is 67.5 Å². The first-order valence-corrected chi connectivity index (χ1v) is 24.3. The van der Waals surface area contributed by atoms with E-state index >= 15 is 0 Å². The Morgan fingerprint density at radius 3 is 1.69 bits per heavy atom. The maximum absolute atomic E-state index is 12.6. The van der Waals surface area contributed by atoms with E-state index in [4.69, 9.17) is 12.7 Å². The number of benzene rings is 6. The second-order valence-electron chi connectivity index (χ2n) is 23.5. The third-order valence-corrected chi connectivity index (χ3v) is 13.5. The van der Waals surface area contributed by atoms with Gasteiger partial charge in [0, 0.05) is 31.2 Å². The Morgan fingerprint density at radius 1 is 0.485 bits per heavy atom. The number of fused-ring (bicyclic) bond motifs is 1. The average molecular weight is 902 g/mol. The SMILES string of the molecule is [2H]C(C)(C)c1cc(-c2ccnc(-c3cc(-c4cccc5c4nc(-c4cc(C(C)(C)C)cc(C(C)(C)C)c4O)n5-c4ccc(C(C)(C)C)cc4-c4ccccc4)cc(C(C)(C)C)c3)c2)cc(C([2H])(C)C)c1. The molecule has 2 aromatic heterocycles. The quantitative estimate of drug-likeness (QED) is 0.165. The summed E-state index contributed by atoms with van der Waals surface area (Å²) in [7, 11) is 0. The fourth-order valence-corrected chi connectivity index (χ4v) is 9.12. The van der Waals surface area contributed by atoms with Crippen LogP contribution in [0.3, 0.4) is 0 Å². The maximum atomic E-state index is 12.6. The van der Waals surface area contributed by atoms with Crippen LogP contribution >= 0.6 is 0 Å². The molecule has 2 heterocycles. The molecule has 0 saturated carbocycles. The number of para-hydroxylation sites is 1. The van der Waals surface area contributed by atoms with Gasteiger partial charge in [0.2, 0.25) is 0 Å². The molecule has 0 unspecified atom stereocenters. The Kier molecular flexibility index (Phi) is 11.8. The zero-order chi connectivity index (χ0) is 51.1.